The van der Waals surface area contributed by atoms with Crippen LogP contribution < -0.4 is 5.32 Å². The molecular weight excluding hydrogens is 354 g/mol. The Morgan fingerprint density at radius 1 is 1.54 bits per heavy atom. The summed E-state index contributed by atoms with van der Waals surface area (Å²) < 4.78 is 23.0. The molecule has 2 N–H and O–H groups in total. The minimum Gasteiger partial charge on any atom is -0.480 e. The van der Waals surface area contributed by atoms with Gasteiger partial charge in [0.25, 0.3) is 5.91 Å². The number of carboxylic acids is 1. The van der Waals surface area contributed by atoms with Gasteiger partial charge < -0.3 is 15.3 Å². The minimum absolute atomic E-state index is 0.0220. The first-order valence-electron chi connectivity index (χ1n) is 7.27. The number of nitrogens with one attached hydrogen (secondary N) is 1. The molecule has 24 heavy (non-hydrogen) atoms. The quantitative estimate of drug-likeness (QED) is 0.442. The van der Waals surface area contributed by atoms with Crippen molar-refractivity contribution in [3.63, 3.8) is 0 Å². The molecule has 0 bridgehead atoms. The van der Waals surface area contributed by atoms with Gasteiger partial charge in [0.2, 0.25) is 0 Å². The molecule has 1 amide bonds. The predicted molar refractivity (Wildman–Crippen MR) is 91.1 cm³/mol. The topological polar surface area (TPSA) is 128 Å². The fraction of sp³-hybridized carbons (Fsp3) is 0.643. The lowest BCUT2D eigenvalue weighted by Gasteiger charge is -2.21. The lowest BCUT2D eigenvalue weighted by molar-refractivity contribution is -0.141. The van der Waals surface area contributed by atoms with E-state index in [1.807, 2.05) is 6.26 Å². The number of nitriles is 1. The second kappa shape index (κ2) is 8.94. The number of hydrogen-bond donors (Lipinski definition) is 2. The Hall–Kier alpha value is -1.73. The number of carbonyl (C=O) groups excluding carboxylic acids is 1. The van der Waals surface area contributed by atoms with E-state index in [0.717, 1.165) is 0 Å². The van der Waals surface area contributed by atoms with E-state index in [4.69, 9.17) is 10.4 Å². The van der Waals surface area contributed by atoms with Crippen LogP contribution in [0.5, 0.6) is 0 Å². The molecule has 0 spiro atoms. The van der Waals surface area contributed by atoms with Crippen LogP contribution in [0, 0.1) is 11.3 Å². The second-order valence-corrected chi connectivity index (χ2v) is 8.74. The van der Waals surface area contributed by atoms with Crippen LogP contribution >= 0.6 is 11.8 Å². The monoisotopic (exact) mass is 375 g/mol. The average molecular weight is 375 g/mol. The number of carbonyl (C=O) groups is 2. The van der Waals surface area contributed by atoms with Gasteiger partial charge in [0, 0.05) is 19.3 Å². The SMILES string of the molecule is CSCCC(NC(=O)/C(C#N)=C\N(C)C1CCS(=O)(=O)C1)C(=O)O. The maximum Gasteiger partial charge on any atom is 0.326 e. The first-order chi connectivity index (χ1) is 11.2. The van der Waals surface area contributed by atoms with Crippen molar-refractivity contribution in [1.82, 2.24) is 10.2 Å². The van der Waals surface area contributed by atoms with Crippen molar-refractivity contribution < 1.29 is 23.1 Å². The molecule has 1 rings (SSSR count). The first kappa shape index (κ1) is 20.3. The number of thioether (sulfide) groups is 1. The molecule has 1 saturated heterocycles. The maximum absolute atomic E-state index is 12.1. The smallest absolute Gasteiger partial charge is 0.326 e. The molecule has 1 aliphatic rings. The zero-order chi connectivity index (χ0) is 18.3. The highest BCUT2D eigenvalue weighted by molar-refractivity contribution is 7.98. The molecule has 2 atom stereocenters. The van der Waals surface area contributed by atoms with E-state index >= 15 is 0 Å². The van der Waals surface area contributed by atoms with Crippen molar-refractivity contribution in [3.05, 3.63) is 11.8 Å². The van der Waals surface area contributed by atoms with Gasteiger partial charge >= 0.3 is 5.97 Å². The van der Waals surface area contributed by atoms with Gasteiger partial charge in [-0.2, -0.15) is 17.0 Å². The van der Waals surface area contributed by atoms with Crippen molar-refractivity contribution in [2.45, 2.75) is 24.9 Å². The molecule has 134 valence electrons. The normalized spacial score (nSPS) is 20.9. The second-order valence-electron chi connectivity index (χ2n) is 5.52. The molecule has 0 radical (unpaired) electrons. The van der Waals surface area contributed by atoms with Crippen molar-refractivity contribution >= 4 is 33.5 Å². The molecule has 0 aromatic rings. The van der Waals surface area contributed by atoms with Crippen molar-refractivity contribution in [1.29, 1.82) is 5.26 Å². The summed E-state index contributed by atoms with van der Waals surface area (Å²) in [7, 11) is -1.48. The summed E-state index contributed by atoms with van der Waals surface area (Å²) in [5.74, 6) is -1.32. The largest absolute Gasteiger partial charge is 0.480 e. The number of aliphatic carboxylic acids is 1. The zero-order valence-corrected chi connectivity index (χ0v) is 15.2. The molecule has 0 saturated carbocycles. The lowest BCUT2D eigenvalue weighted by Crippen LogP contribution is -2.42. The molecule has 10 heteroatoms. The number of sulfone groups is 1. The molecule has 0 aliphatic carbocycles. The van der Waals surface area contributed by atoms with Crippen molar-refractivity contribution in [2.75, 3.05) is 30.6 Å². The molecule has 0 aromatic heterocycles. The van der Waals surface area contributed by atoms with Gasteiger partial charge in [0.15, 0.2) is 9.84 Å². The Kier molecular flexibility index (Phi) is 7.57. The van der Waals surface area contributed by atoms with Crippen LogP contribution in [0.4, 0.5) is 0 Å². The average Bonchev–Trinajstić information content (AvgIpc) is 2.88. The van der Waals surface area contributed by atoms with Crippen LogP contribution in [0.25, 0.3) is 0 Å². The lowest BCUT2D eigenvalue weighted by atomic mass is 10.2. The molecule has 2 unspecified atom stereocenters. The summed E-state index contributed by atoms with van der Waals surface area (Å²) in [5, 5.41) is 20.6. The summed E-state index contributed by atoms with van der Waals surface area (Å²) in [4.78, 5) is 24.8. The number of rotatable bonds is 8. The van der Waals surface area contributed by atoms with Crippen LogP contribution in [0.2, 0.25) is 0 Å². The highest BCUT2D eigenvalue weighted by atomic mass is 32.2. The van der Waals surface area contributed by atoms with Gasteiger partial charge in [-0.25, -0.2) is 13.2 Å². The van der Waals surface area contributed by atoms with Crippen LogP contribution in [-0.2, 0) is 19.4 Å². The standard InChI is InChI=1S/C14H21N3O5S2/c1-17(11-4-6-24(21,22)9-11)8-10(7-15)13(18)16-12(14(19)20)3-5-23-2/h8,11-12H,3-6,9H2,1-2H3,(H,16,18)(H,19,20)/b10-8-. The van der Waals surface area contributed by atoms with Crippen molar-refractivity contribution in [2.24, 2.45) is 0 Å². The Morgan fingerprint density at radius 3 is 2.67 bits per heavy atom. The van der Waals surface area contributed by atoms with Gasteiger partial charge in [-0.05, 0) is 24.9 Å². The highest BCUT2D eigenvalue weighted by Gasteiger charge is 2.30. The number of nitrogens with zero attached hydrogens (tertiary/aromatic N) is 2. The van der Waals surface area contributed by atoms with Gasteiger partial charge in [-0.3, -0.25) is 4.79 Å². The summed E-state index contributed by atoms with van der Waals surface area (Å²) in [5.41, 5.74) is -0.253. The maximum atomic E-state index is 12.1. The Labute approximate surface area is 145 Å². The highest BCUT2D eigenvalue weighted by Crippen LogP contribution is 2.17. The molecule has 8 nitrogen and oxygen atoms in total. The van der Waals surface area contributed by atoms with Gasteiger partial charge in [0.1, 0.15) is 17.7 Å². The molecule has 1 heterocycles. The Bertz CT molecular complexity index is 654. The van der Waals surface area contributed by atoms with E-state index in [2.05, 4.69) is 5.32 Å². The van der Waals surface area contributed by atoms with Gasteiger partial charge in [-0.15, -0.1) is 0 Å². The van der Waals surface area contributed by atoms with Crippen LogP contribution in [0.3, 0.4) is 0 Å². The van der Waals surface area contributed by atoms with Gasteiger partial charge in [0.05, 0.1) is 11.5 Å². The third-order valence-corrected chi connectivity index (χ3v) is 6.09. The van der Waals surface area contributed by atoms with E-state index in [0.29, 0.717) is 12.2 Å². The number of amides is 1. The fourth-order valence-corrected chi connectivity index (χ4v) is 4.53. The van der Waals surface area contributed by atoms with E-state index in [-0.39, 0.29) is 29.5 Å². The van der Waals surface area contributed by atoms with E-state index in [1.165, 1.54) is 22.9 Å². The van der Waals surface area contributed by atoms with Crippen LogP contribution in [0.15, 0.2) is 11.8 Å². The van der Waals surface area contributed by atoms with E-state index in [1.54, 1.807) is 13.1 Å². The molecule has 1 fully saturated rings. The zero-order valence-electron chi connectivity index (χ0n) is 13.6. The Morgan fingerprint density at radius 2 is 2.21 bits per heavy atom. The van der Waals surface area contributed by atoms with E-state index in [9.17, 15) is 18.0 Å². The summed E-state index contributed by atoms with van der Waals surface area (Å²) in [6.07, 6.45) is 3.78. The van der Waals surface area contributed by atoms with E-state index < -0.39 is 27.8 Å². The molecular formula is C14H21N3O5S2. The predicted octanol–water partition coefficient (Wildman–Crippen LogP) is -0.165. The molecule has 1 aliphatic heterocycles. The summed E-state index contributed by atoms with van der Waals surface area (Å²) >= 11 is 1.46. The minimum atomic E-state index is -3.08. The first-order valence-corrected chi connectivity index (χ1v) is 10.5. The molecule has 0 aromatic carbocycles. The van der Waals surface area contributed by atoms with Gasteiger partial charge in [-0.1, -0.05) is 0 Å². The third-order valence-electron chi connectivity index (χ3n) is 3.70. The number of hydrogen-bond acceptors (Lipinski definition) is 7. The summed E-state index contributed by atoms with van der Waals surface area (Å²) in [6.45, 7) is 0. The summed E-state index contributed by atoms with van der Waals surface area (Å²) in [6, 6.07) is 0.373. The van der Waals surface area contributed by atoms with Crippen LogP contribution in [0.1, 0.15) is 12.8 Å². The third kappa shape index (κ3) is 6.05. The Balaban J connectivity index is 2.78. The fourth-order valence-electron chi connectivity index (χ4n) is 2.27. The number of carboxylic acid groups (broad SMARTS) is 1. The van der Waals surface area contributed by atoms with Crippen molar-refractivity contribution in [3.8, 4) is 6.07 Å². The van der Waals surface area contributed by atoms with Crippen LogP contribution in [-0.4, -0.2) is 72.9 Å².